The van der Waals surface area contributed by atoms with Crippen molar-refractivity contribution in [2.75, 3.05) is 31.1 Å². The molecule has 0 aliphatic rings. The number of hydrogen-bond donors (Lipinski definition) is 1. The number of anilines is 1. The zero-order chi connectivity index (χ0) is 15.1. The maximum Gasteiger partial charge on any atom is 0.323 e. The maximum atomic E-state index is 12.1. The number of amides is 1. The molecule has 0 aliphatic heterocycles. The van der Waals surface area contributed by atoms with E-state index >= 15 is 0 Å². The quantitative estimate of drug-likeness (QED) is 0.837. The number of rotatable bonds is 7. The summed E-state index contributed by atoms with van der Waals surface area (Å²) in [5.41, 5.74) is 0.625. The van der Waals surface area contributed by atoms with E-state index in [4.69, 9.17) is 16.7 Å². The minimum absolute atomic E-state index is 0.0221. The molecule has 1 aromatic carbocycles. The molecule has 0 saturated carbocycles. The van der Waals surface area contributed by atoms with Crippen LogP contribution in [0.4, 0.5) is 5.69 Å². The number of likely N-dealkylation sites (N-methyl/N-ethyl adjacent to an activating group) is 1. The molecule has 20 heavy (non-hydrogen) atoms. The Kier molecular flexibility index (Phi) is 6.31. The average molecular weight is 299 g/mol. The van der Waals surface area contributed by atoms with E-state index in [1.165, 1.54) is 4.90 Å². The van der Waals surface area contributed by atoms with Crippen LogP contribution in [0.2, 0.25) is 5.02 Å². The van der Waals surface area contributed by atoms with Gasteiger partial charge in [-0.15, -0.1) is 0 Å². The summed E-state index contributed by atoms with van der Waals surface area (Å²) >= 11 is 5.91. The zero-order valence-corrected chi connectivity index (χ0v) is 12.4. The lowest BCUT2D eigenvalue weighted by Crippen LogP contribution is -2.42. The molecule has 6 heteroatoms. The lowest BCUT2D eigenvalue weighted by atomic mass is 10.2. The molecule has 0 fully saturated rings. The highest BCUT2D eigenvalue weighted by Gasteiger charge is 2.18. The monoisotopic (exact) mass is 298 g/mol. The Morgan fingerprint density at radius 2 is 1.85 bits per heavy atom. The minimum Gasteiger partial charge on any atom is -0.480 e. The summed E-state index contributed by atoms with van der Waals surface area (Å²) in [6, 6.07) is 6.83. The van der Waals surface area contributed by atoms with Crippen molar-refractivity contribution in [1.29, 1.82) is 0 Å². The minimum atomic E-state index is -0.989. The maximum absolute atomic E-state index is 12.1. The highest BCUT2D eigenvalue weighted by molar-refractivity contribution is 6.30. The molecular weight excluding hydrogens is 280 g/mol. The molecule has 0 atom stereocenters. The van der Waals surface area contributed by atoms with Crippen LogP contribution in [-0.2, 0) is 9.59 Å². The Hall–Kier alpha value is -1.75. The molecule has 0 spiro atoms. The van der Waals surface area contributed by atoms with Crippen LogP contribution in [-0.4, -0.2) is 48.1 Å². The van der Waals surface area contributed by atoms with E-state index in [0.717, 1.165) is 0 Å². The molecule has 0 aliphatic carbocycles. The van der Waals surface area contributed by atoms with Gasteiger partial charge in [0.05, 0.1) is 6.54 Å². The normalized spacial score (nSPS) is 10.2. The number of carboxylic acid groups (broad SMARTS) is 1. The van der Waals surface area contributed by atoms with Crippen LogP contribution in [0.1, 0.15) is 13.8 Å². The van der Waals surface area contributed by atoms with Gasteiger partial charge in [-0.05, 0) is 32.0 Å². The third kappa shape index (κ3) is 4.74. The number of carbonyl (C=O) groups excluding carboxylic acids is 1. The summed E-state index contributed by atoms with van der Waals surface area (Å²) < 4.78 is 0. The van der Waals surface area contributed by atoms with Crippen molar-refractivity contribution in [3.63, 3.8) is 0 Å². The molecule has 1 N–H and O–H groups in total. The zero-order valence-electron chi connectivity index (χ0n) is 11.7. The second-order valence-corrected chi connectivity index (χ2v) is 4.73. The molecule has 1 rings (SSSR count). The van der Waals surface area contributed by atoms with Gasteiger partial charge in [-0.1, -0.05) is 17.7 Å². The standard InChI is InChI=1S/C14H19ClN2O3/c1-3-16(4-2)13(18)9-17(10-14(19)20)12-7-5-6-11(15)8-12/h5-8H,3-4,9-10H2,1-2H3,(H,19,20). The van der Waals surface area contributed by atoms with Crippen molar-refractivity contribution >= 4 is 29.2 Å². The molecule has 1 aromatic rings. The van der Waals surface area contributed by atoms with Crippen molar-refractivity contribution in [2.24, 2.45) is 0 Å². The number of nitrogens with zero attached hydrogens (tertiary/aromatic N) is 2. The molecule has 0 radical (unpaired) electrons. The second-order valence-electron chi connectivity index (χ2n) is 4.30. The molecular formula is C14H19ClN2O3. The van der Waals surface area contributed by atoms with Crippen molar-refractivity contribution in [3.05, 3.63) is 29.3 Å². The van der Waals surface area contributed by atoms with E-state index in [2.05, 4.69) is 0 Å². The largest absolute Gasteiger partial charge is 0.480 e. The van der Waals surface area contributed by atoms with E-state index < -0.39 is 5.97 Å². The third-order valence-corrected chi connectivity index (χ3v) is 3.18. The molecule has 5 nitrogen and oxygen atoms in total. The topological polar surface area (TPSA) is 60.9 Å². The van der Waals surface area contributed by atoms with E-state index in [9.17, 15) is 9.59 Å². The van der Waals surface area contributed by atoms with Gasteiger partial charge in [0.2, 0.25) is 5.91 Å². The van der Waals surface area contributed by atoms with Gasteiger partial charge >= 0.3 is 5.97 Å². The molecule has 0 unspecified atom stereocenters. The van der Waals surface area contributed by atoms with Gasteiger partial charge in [0.25, 0.3) is 0 Å². The Morgan fingerprint density at radius 3 is 2.35 bits per heavy atom. The number of hydrogen-bond acceptors (Lipinski definition) is 3. The molecule has 0 aromatic heterocycles. The first-order valence-electron chi connectivity index (χ1n) is 6.48. The predicted molar refractivity (Wildman–Crippen MR) is 79.2 cm³/mol. The van der Waals surface area contributed by atoms with E-state index in [1.807, 2.05) is 13.8 Å². The summed E-state index contributed by atoms with van der Waals surface area (Å²) in [5.74, 6) is -1.09. The fraction of sp³-hybridized carbons (Fsp3) is 0.429. The first-order valence-corrected chi connectivity index (χ1v) is 6.85. The second kappa shape index (κ2) is 7.75. The van der Waals surface area contributed by atoms with Crippen LogP contribution in [0.25, 0.3) is 0 Å². The summed E-state index contributed by atoms with van der Waals surface area (Å²) in [6.07, 6.45) is 0. The first-order chi connectivity index (χ1) is 9.47. The summed E-state index contributed by atoms with van der Waals surface area (Å²) in [5, 5.41) is 9.49. The first kappa shape index (κ1) is 16.3. The van der Waals surface area contributed by atoms with Crippen LogP contribution < -0.4 is 4.90 Å². The van der Waals surface area contributed by atoms with Gasteiger partial charge in [0.15, 0.2) is 0 Å². The van der Waals surface area contributed by atoms with E-state index in [-0.39, 0.29) is 19.0 Å². The van der Waals surface area contributed by atoms with Gasteiger partial charge in [0.1, 0.15) is 6.54 Å². The van der Waals surface area contributed by atoms with Gasteiger partial charge in [0, 0.05) is 23.8 Å². The molecule has 1 amide bonds. The van der Waals surface area contributed by atoms with Crippen LogP contribution in [0.3, 0.4) is 0 Å². The van der Waals surface area contributed by atoms with Crippen molar-refractivity contribution < 1.29 is 14.7 Å². The highest BCUT2D eigenvalue weighted by atomic mass is 35.5. The van der Waals surface area contributed by atoms with Gasteiger partial charge in [-0.25, -0.2) is 0 Å². The van der Waals surface area contributed by atoms with Crippen LogP contribution in [0.5, 0.6) is 0 Å². The van der Waals surface area contributed by atoms with Crippen LogP contribution in [0, 0.1) is 0 Å². The molecule has 0 heterocycles. The lowest BCUT2D eigenvalue weighted by Gasteiger charge is -2.26. The number of carbonyl (C=O) groups is 2. The van der Waals surface area contributed by atoms with Crippen molar-refractivity contribution in [1.82, 2.24) is 4.90 Å². The molecule has 110 valence electrons. The Balaban J connectivity index is 2.90. The van der Waals surface area contributed by atoms with Crippen molar-refractivity contribution in [2.45, 2.75) is 13.8 Å². The third-order valence-electron chi connectivity index (χ3n) is 2.94. The van der Waals surface area contributed by atoms with E-state index in [0.29, 0.717) is 23.8 Å². The van der Waals surface area contributed by atoms with Crippen molar-refractivity contribution in [3.8, 4) is 0 Å². The number of aliphatic carboxylic acids is 1. The Bertz CT molecular complexity index is 475. The fourth-order valence-electron chi connectivity index (χ4n) is 1.91. The average Bonchev–Trinajstić information content (AvgIpc) is 2.39. The SMILES string of the molecule is CCN(CC)C(=O)CN(CC(=O)O)c1cccc(Cl)c1. The lowest BCUT2D eigenvalue weighted by molar-refractivity contribution is -0.135. The van der Waals surface area contributed by atoms with Gasteiger partial charge in [-0.2, -0.15) is 0 Å². The number of benzene rings is 1. The summed E-state index contributed by atoms with van der Waals surface area (Å²) in [6.45, 7) is 4.77. The van der Waals surface area contributed by atoms with Gasteiger partial charge < -0.3 is 14.9 Å². The predicted octanol–water partition coefficient (Wildman–Crippen LogP) is 2.10. The highest BCUT2D eigenvalue weighted by Crippen LogP contribution is 2.19. The van der Waals surface area contributed by atoms with Crippen LogP contribution >= 0.6 is 11.6 Å². The number of carboxylic acids is 1. The molecule has 0 saturated heterocycles. The number of halogens is 1. The summed E-state index contributed by atoms with van der Waals surface area (Å²) in [4.78, 5) is 26.2. The Labute approximate surface area is 123 Å². The molecule has 0 bridgehead atoms. The fourth-order valence-corrected chi connectivity index (χ4v) is 2.10. The van der Waals surface area contributed by atoms with Gasteiger partial charge in [-0.3, -0.25) is 9.59 Å². The van der Waals surface area contributed by atoms with E-state index in [1.54, 1.807) is 29.2 Å². The summed E-state index contributed by atoms with van der Waals surface area (Å²) in [7, 11) is 0. The Morgan fingerprint density at radius 1 is 1.20 bits per heavy atom. The van der Waals surface area contributed by atoms with Crippen LogP contribution in [0.15, 0.2) is 24.3 Å². The smallest absolute Gasteiger partial charge is 0.323 e.